The van der Waals surface area contributed by atoms with Gasteiger partial charge in [0.1, 0.15) is 11.5 Å². The van der Waals surface area contributed by atoms with E-state index in [1.54, 1.807) is 30.3 Å². The number of carbonyl (C=O) groups is 2. The maximum Gasteiger partial charge on any atom is 0.329 e. The van der Waals surface area contributed by atoms with E-state index in [9.17, 15) is 9.59 Å². The number of amides is 3. The van der Waals surface area contributed by atoms with Crippen LogP contribution in [-0.4, -0.2) is 28.9 Å². The molecule has 2 heterocycles. The number of imide groups is 1. The Hall–Kier alpha value is -2.86. The fourth-order valence-corrected chi connectivity index (χ4v) is 5.00. The summed E-state index contributed by atoms with van der Waals surface area (Å²) in [6.45, 7) is 9.44. The highest BCUT2D eigenvalue weighted by Gasteiger charge is 2.37. The van der Waals surface area contributed by atoms with Crippen LogP contribution in [0.1, 0.15) is 56.7 Å². The third-order valence-corrected chi connectivity index (χ3v) is 6.59. The molecule has 5 nitrogen and oxygen atoms in total. The van der Waals surface area contributed by atoms with Crippen molar-refractivity contribution in [2.24, 2.45) is 0 Å². The van der Waals surface area contributed by atoms with Crippen molar-refractivity contribution < 1.29 is 14.0 Å². The number of hydrogen-bond donors (Lipinski definition) is 1. The molecule has 0 radical (unpaired) electrons. The van der Waals surface area contributed by atoms with Gasteiger partial charge in [0, 0.05) is 28.4 Å². The molecule has 1 atom stereocenters. The van der Waals surface area contributed by atoms with Crippen LogP contribution in [0.2, 0.25) is 5.02 Å². The number of carbonyl (C=O) groups excluding carboxylic acids is 2. The lowest BCUT2D eigenvalue weighted by atomic mass is 9.79. The lowest BCUT2D eigenvalue weighted by Crippen LogP contribution is -2.48. The molecule has 2 aromatic carbocycles. The minimum atomic E-state index is -0.526. The lowest BCUT2D eigenvalue weighted by molar-refractivity contribution is -0.123. The van der Waals surface area contributed by atoms with E-state index in [2.05, 4.69) is 37.9 Å². The van der Waals surface area contributed by atoms with Gasteiger partial charge in [-0.1, -0.05) is 30.7 Å². The highest BCUT2D eigenvalue weighted by molar-refractivity contribution is 6.30. The van der Waals surface area contributed by atoms with E-state index >= 15 is 4.39 Å². The molecule has 2 aromatic rings. The standard InChI is InChI=1S/C25H27ClFN3O2/c1-5-30-22-12-20(27)17(10-19(22)15(2)13-25(30,3)4)11-21-23(31)29(24(32)28-21)14-16-6-8-18(26)9-7-16/h6-12,15H,5,13-14H2,1-4H3,(H,28,32)/b21-11+. The molecule has 0 aromatic heterocycles. The van der Waals surface area contributed by atoms with E-state index in [1.165, 1.54) is 6.08 Å². The van der Waals surface area contributed by atoms with Crippen molar-refractivity contribution in [1.29, 1.82) is 0 Å². The number of nitrogens with one attached hydrogen (secondary N) is 1. The summed E-state index contributed by atoms with van der Waals surface area (Å²) in [5.41, 5.74) is 3.01. The van der Waals surface area contributed by atoms with Crippen molar-refractivity contribution in [2.75, 3.05) is 11.4 Å². The summed E-state index contributed by atoms with van der Waals surface area (Å²) in [5, 5.41) is 3.16. The quantitative estimate of drug-likeness (QED) is 0.476. The van der Waals surface area contributed by atoms with Gasteiger partial charge < -0.3 is 10.2 Å². The van der Waals surface area contributed by atoms with Gasteiger partial charge in [0.2, 0.25) is 0 Å². The third kappa shape index (κ3) is 3.99. The Morgan fingerprint density at radius 2 is 1.91 bits per heavy atom. The summed E-state index contributed by atoms with van der Waals surface area (Å²) in [7, 11) is 0. The maximum absolute atomic E-state index is 15.1. The summed E-state index contributed by atoms with van der Waals surface area (Å²) < 4.78 is 15.1. The first kappa shape index (κ1) is 22.3. The molecule has 0 saturated carbocycles. The van der Waals surface area contributed by atoms with Crippen molar-refractivity contribution >= 4 is 35.3 Å². The Morgan fingerprint density at radius 3 is 2.56 bits per heavy atom. The lowest BCUT2D eigenvalue weighted by Gasteiger charge is -2.47. The van der Waals surface area contributed by atoms with Crippen LogP contribution in [-0.2, 0) is 11.3 Å². The van der Waals surface area contributed by atoms with Gasteiger partial charge in [-0.3, -0.25) is 9.69 Å². The van der Waals surface area contributed by atoms with E-state index in [4.69, 9.17) is 11.6 Å². The number of urea groups is 1. The third-order valence-electron chi connectivity index (χ3n) is 6.34. The van der Waals surface area contributed by atoms with Gasteiger partial charge in [0.25, 0.3) is 5.91 Å². The Kier molecular flexibility index (Phi) is 5.76. The van der Waals surface area contributed by atoms with Crippen LogP contribution >= 0.6 is 11.6 Å². The highest BCUT2D eigenvalue weighted by atomic mass is 35.5. The summed E-state index contributed by atoms with van der Waals surface area (Å²) in [6.07, 6.45) is 2.38. The molecule has 168 valence electrons. The van der Waals surface area contributed by atoms with E-state index in [1.807, 2.05) is 6.07 Å². The van der Waals surface area contributed by atoms with E-state index in [0.717, 1.165) is 34.7 Å². The van der Waals surface area contributed by atoms with Crippen LogP contribution in [0.5, 0.6) is 0 Å². The number of fused-ring (bicyclic) bond motifs is 1. The predicted octanol–water partition coefficient (Wildman–Crippen LogP) is 5.68. The van der Waals surface area contributed by atoms with Gasteiger partial charge in [-0.2, -0.15) is 0 Å². The number of anilines is 1. The summed E-state index contributed by atoms with van der Waals surface area (Å²) in [5.74, 6) is -0.653. The Bertz CT molecular complexity index is 1110. The molecule has 2 aliphatic rings. The maximum atomic E-state index is 15.1. The van der Waals surface area contributed by atoms with Crippen molar-refractivity contribution in [3.63, 3.8) is 0 Å². The van der Waals surface area contributed by atoms with Gasteiger partial charge in [0.15, 0.2) is 0 Å². The molecule has 0 aliphatic carbocycles. The molecule has 3 amide bonds. The SMILES string of the molecule is CCN1c2cc(F)c(/C=C3/NC(=O)N(Cc4ccc(Cl)cc4)C3=O)cc2C(C)CC1(C)C. The zero-order valence-corrected chi connectivity index (χ0v) is 19.5. The smallest absolute Gasteiger partial charge is 0.329 e. The van der Waals surface area contributed by atoms with Gasteiger partial charge >= 0.3 is 6.03 Å². The summed E-state index contributed by atoms with van der Waals surface area (Å²) in [6, 6.07) is 9.76. The Balaban J connectivity index is 1.64. The molecule has 1 fully saturated rings. The Morgan fingerprint density at radius 1 is 1.22 bits per heavy atom. The molecular formula is C25H27ClFN3O2. The molecule has 4 rings (SSSR count). The Labute approximate surface area is 192 Å². The van der Waals surface area contributed by atoms with Crippen LogP contribution in [0, 0.1) is 5.82 Å². The van der Waals surface area contributed by atoms with Crippen LogP contribution in [0.25, 0.3) is 6.08 Å². The van der Waals surface area contributed by atoms with Crippen LogP contribution in [0.15, 0.2) is 42.1 Å². The number of hydrogen-bond acceptors (Lipinski definition) is 3. The molecule has 32 heavy (non-hydrogen) atoms. The van der Waals surface area contributed by atoms with Crippen molar-refractivity contribution in [3.8, 4) is 0 Å². The fourth-order valence-electron chi connectivity index (χ4n) is 4.87. The first-order chi connectivity index (χ1) is 15.1. The average molecular weight is 456 g/mol. The minimum Gasteiger partial charge on any atom is -0.366 e. The minimum absolute atomic E-state index is 0.0643. The highest BCUT2D eigenvalue weighted by Crippen LogP contribution is 2.44. The largest absolute Gasteiger partial charge is 0.366 e. The van der Waals surface area contributed by atoms with Gasteiger partial charge in [0.05, 0.1) is 6.54 Å². The van der Waals surface area contributed by atoms with Crippen LogP contribution in [0.4, 0.5) is 14.9 Å². The zero-order valence-electron chi connectivity index (χ0n) is 18.7. The first-order valence-electron chi connectivity index (χ1n) is 10.8. The summed E-state index contributed by atoms with van der Waals surface area (Å²) in [4.78, 5) is 28.6. The topological polar surface area (TPSA) is 52.7 Å². The number of benzene rings is 2. The molecule has 1 unspecified atom stereocenters. The fraction of sp³-hybridized carbons (Fsp3) is 0.360. The molecular weight excluding hydrogens is 429 g/mol. The monoisotopic (exact) mass is 455 g/mol. The van der Waals surface area contributed by atoms with Gasteiger partial charge in [-0.05, 0) is 74.6 Å². The average Bonchev–Trinajstić information content (AvgIpc) is 2.98. The van der Waals surface area contributed by atoms with Crippen molar-refractivity contribution in [3.05, 3.63) is 69.6 Å². The zero-order chi connectivity index (χ0) is 23.2. The number of halogens is 2. The molecule has 0 spiro atoms. The van der Waals surface area contributed by atoms with Gasteiger partial charge in [-0.15, -0.1) is 0 Å². The molecule has 2 aliphatic heterocycles. The van der Waals surface area contributed by atoms with Crippen molar-refractivity contribution in [1.82, 2.24) is 10.2 Å². The second-order valence-corrected chi connectivity index (χ2v) is 9.54. The first-order valence-corrected chi connectivity index (χ1v) is 11.2. The number of rotatable bonds is 4. The molecule has 1 N–H and O–H groups in total. The number of nitrogens with zero attached hydrogens (tertiary/aromatic N) is 2. The van der Waals surface area contributed by atoms with Crippen LogP contribution < -0.4 is 10.2 Å². The predicted molar refractivity (Wildman–Crippen MR) is 125 cm³/mol. The van der Waals surface area contributed by atoms with Crippen LogP contribution in [0.3, 0.4) is 0 Å². The normalized spacial score (nSPS) is 21.2. The molecule has 0 bridgehead atoms. The van der Waals surface area contributed by atoms with Gasteiger partial charge in [-0.25, -0.2) is 9.18 Å². The molecule has 7 heteroatoms. The van der Waals surface area contributed by atoms with Crippen molar-refractivity contribution in [2.45, 2.75) is 52.1 Å². The second kappa shape index (κ2) is 8.24. The summed E-state index contributed by atoms with van der Waals surface area (Å²) >= 11 is 5.90. The molecule has 1 saturated heterocycles. The van der Waals surface area contributed by atoms with E-state index in [-0.39, 0.29) is 23.7 Å². The van der Waals surface area contributed by atoms with E-state index in [0.29, 0.717) is 10.6 Å². The van der Waals surface area contributed by atoms with E-state index < -0.39 is 17.8 Å². The second-order valence-electron chi connectivity index (χ2n) is 9.10.